The smallest absolute Gasteiger partial charge is 0.125 e. The van der Waals surface area contributed by atoms with E-state index in [-0.39, 0.29) is 6.61 Å². The average Bonchev–Trinajstić information content (AvgIpc) is 2.48. The van der Waals surface area contributed by atoms with Crippen LogP contribution in [0.2, 0.25) is 0 Å². The normalized spacial score (nSPS) is 10.3. The quantitative estimate of drug-likeness (QED) is 0.813. The Labute approximate surface area is 119 Å². The number of nitrogens with one attached hydrogen (secondary N) is 1. The van der Waals surface area contributed by atoms with Crippen molar-refractivity contribution in [2.24, 2.45) is 0 Å². The third kappa shape index (κ3) is 3.96. The zero-order valence-corrected chi connectivity index (χ0v) is 11.7. The molecule has 0 saturated heterocycles. The molecular formula is C16H20N2O2. The summed E-state index contributed by atoms with van der Waals surface area (Å²) in [5, 5.41) is 12.2. The number of rotatable bonds is 7. The topological polar surface area (TPSA) is 54.4 Å². The lowest BCUT2D eigenvalue weighted by Crippen LogP contribution is -2.02. The second-order valence-electron chi connectivity index (χ2n) is 4.45. The second-order valence-corrected chi connectivity index (χ2v) is 4.45. The highest BCUT2D eigenvalue weighted by molar-refractivity contribution is 5.36. The average molecular weight is 272 g/mol. The van der Waals surface area contributed by atoms with Gasteiger partial charge in [0.15, 0.2) is 0 Å². The minimum absolute atomic E-state index is 0.124. The Hall–Kier alpha value is -2.07. The van der Waals surface area contributed by atoms with Crippen LogP contribution in [-0.4, -0.2) is 23.2 Å². The maximum Gasteiger partial charge on any atom is 0.125 e. The van der Waals surface area contributed by atoms with Crippen LogP contribution >= 0.6 is 0 Å². The van der Waals surface area contributed by atoms with Crippen LogP contribution in [0.1, 0.15) is 18.1 Å². The summed E-state index contributed by atoms with van der Waals surface area (Å²) in [6.45, 7) is 3.50. The van der Waals surface area contributed by atoms with Crippen molar-refractivity contribution in [3.8, 4) is 5.75 Å². The molecular weight excluding hydrogens is 252 g/mol. The number of benzene rings is 1. The Balaban J connectivity index is 1.97. The molecule has 2 N–H and O–H groups in total. The zero-order chi connectivity index (χ0) is 14.2. The van der Waals surface area contributed by atoms with Crippen LogP contribution in [0.4, 0.5) is 5.82 Å². The van der Waals surface area contributed by atoms with Crippen LogP contribution < -0.4 is 10.1 Å². The highest BCUT2D eigenvalue weighted by Gasteiger charge is 2.03. The zero-order valence-electron chi connectivity index (χ0n) is 11.7. The number of ether oxygens (including phenoxy) is 1. The Kier molecular flexibility index (Phi) is 5.38. The Bertz CT molecular complexity index is 526. The van der Waals surface area contributed by atoms with Crippen molar-refractivity contribution in [2.75, 3.05) is 18.5 Å². The molecule has 0 amide bonds. The fourth-order valence-electron chi connectivity index (χ4n) is 1.93. The van der Waals surface area contributed by atoms with Crippen LogP contribution in [0.3, 0.4) is 0 Å². The van der Waals surface area contributed by atoms with Gasteiger partial charge in [-0.3, -0.25) is 0 Å². The summed E-state index contributed by atoms with van der Waals surface area (Å²) in [5.41, 5.74) is 2.04. The number of aliphatic hydroxyl groups excluding tert-OH is 1. The molecule has 106 valence electrons. The van der Waals surface area contributed by atoms with Crippen molar-refractivity contribution in [1.29, 1.82) is 0 Å². The molecule has 1 heterocycles. The van der Waals surface area contributed by atoms with Gasteiger partial charge in [-0.25, -0.2) is 4.98 Å². The first-order chi connectivity index (χ1) is 9.83. The van der Waals surface area contributed by atoms with Gasteiger partial charge in [0.05, 0.1) is 0 Å². The third-order valence-corrected chi connectivity index (χ3v) is 2.93. The van der Waals surface area contributed by atoms with Crippen molar-refractivity contribution in [1.82, 2.24) is 4.98 Å². The SMILES string of the molecule is CCNc1ccc(COc2ccccc2CCO)cn1. The molecule has 1 aromatic heterocycles. The van der Waals surface area contributed by atoms with E-state index in [2.05, 4.69) is 10.3 Å². The highest BCUT2D eigenvalue weighted by Crippen LogP contribution is 2.19. The van der Waals surface area contributed by atoms with Crippen molar-refractivity contribution in [2.45, 2.75) is 20.0 Å². The van der Waals surface area contributed by atoms with E-state index in [0.717, 1.165) is 29.2 Å². The van der Waals surface area contributed by atoms with Gasteiger partial charge in [-0.2, -0.15) is 0 Å². The second kappa shape index (κ2) is 7.50. The summed E-state index contributed by atoms with van der Waals surface area (Å²) in [7, 11) is 0. The van der Waals surface area contributed by atoms with Gasteiger partial charge >= 0.3 is 0 Å². The summed E-state index contributed by atoms with van der Waals surface area (Å²) < 4.78 is 5.80. The fourth-order valence-corrected chi connectivity index (χ4v) is 1.93. The maximum atomic E-state index is 9.04. The molecule has 4 heteroatoms. The predicted molar refractivity (Wildman–Crippen MR) is 80.0 cm³/mol. The summed E-state index contributed by atoms with van der Waals surface area (Å²) in [6, 6.07) is 11.7. The lowest BCUT2D eigenvalue weighted by molar-refractivity contribution is 0.284. The van der Waals surface area contributed by atoms with Crippen LogP contribution in [0.15, 0.2) is 42.6 Å². The van der Waals surface area contributed by atoms with E-state index in [4.69, 9.17) is 9.84 Å². The molecule has 0 unspecified atom stereocenters. The molecule has 2 rings (SSSR count). The molecule has 0 fully saturated rings. The van der Waals surface area contributed by atoms with Gasteiger partial charge in [0.1, 0.15) is 18.2 Å². The number of hydrogen-bond donors (Lipinski definition) is 2. The molecule has 0 aliphatic carbocycles. The first-order valence-electron chi connectivity index (χ1n) is 6.84. The van der Waals surface area contributed by atoms with Crippen molar-refractivity contribution in [3.63, 3.8) is 0 Å². The van der Waals surface area contributed by atoms with Gasteiger partial charge in [-0.15, -0.1) is 0 Å². The number of para-hydroxylation sites is 1. The highest BCUT2D eigenvalue weighted by atomic mass is 16.5. The molecule has 0 saturated carbocycles. The van der Waals surface area contributed by atoms with Crippen LogP contribution in [0.5, 0.6) is 5.75 Å². The Morgan fingerprint density at radius 3 is 2.75 bits per heavy atom. The van der Waals surface area contributed by atoms with Crippen LogP contribution in [0.25, 0.3) is 0 Å². The number of hydrogen-bond acceptors (Lipinski definition) is 4. The lowest BCUT2D eigenvalue weighted by atomic mass is 10.1. The van der Waals surface area contributed by atoms with Crippen molar-refractivity contribution in [3.05, 3.63) is 53.7 Å². The Morgan fingerprint density at radius 1 is 1.20 bits per heavy atom. The van der Waals surface area contributed by atoms with E-state index in [9.17, 15) is 0 Å². The van der Waals surface area contributed by atoms with Gasteiger partial charge < -0.3 is 15.2 Å². The van der Waals surface area contributed by atoms with Gasteiger partial charge in [0.25, 0.3) is 0 Å². The largest absolute Gasteiger partial charge is 0.489 e. The molecule has 0 aliphatic heterocycles. The first-order valence-corrected chi connectivity index (χ1v) is 6.84. The number of nitrogens with zero attached hydrogens (tertiary/aromatic N) is 1. The summed E-state index contributed by atoms with van der Waals surface area (Å²) in [4.78, 5) is 4.31. The van der Waals surface area contributed by atoms with Gasteiger partial charge in [0.2, 0.25) is 0 Å². The number of anilines is 1. The van der Waals surface area contributed by atoms with E-state index in [1.165, 1.54) is 0 Å². The lowest BCUT2D eigenvalue weighted by Gasteiger charge is -2.11. The number of pyridine rings is 1. The summed E-state index contributed by atoms with van der Waals surface area (Å²) in [5.74, 6) is 1.69. The number of aliphatic hydroxyl groups is 1. The molecule has 0 atom stereocenters. The van der Waals surface area contributed by atoms with E-state index < -0.39 is 0 Å². The van der Waals surface area contributed by atoms with Crippen molar-refractivity contribution < 1.29 is 9.84 Å². The minimum atomic E-state index is 0.124. The first kappa shape index (κ1) is 14.3. The maximum absolute atomic E-state index is 9.04. The summed E-state index contributed by atoms with van der Waals surface area (Å²) in [6.07, 6.45) is 2.42. The monoisotopic (exact) mass is 272 g/mol. The van der Waals surface area contributed by atoms with E-state index in [1.807, 2.05) is 49.5 Å². The molecule has 0 radical (unpaired) electrons. The standard InChI is InChI=1S/C16H20N2O2/c1-2-17-16-8-7-13(11-18-16)12-20-15-6-4-3-5-14(15)9-10-19/h3-8,11,19H,2,9-10,12H2,1H3,(H,17,18). The summed E-state index contributed by atoms with van der Waals surface area (Å²) >= 11 is 0. The van der Waals surface area contributed by atoms with Gasteiger partial charge in [-0.05, 0) is 31.0 Å². The Morgan fingerprint density at radius 2 is 2.05 bits per heavy atom. The molecule has 1 aromatic carbocycles. The van der Waals surface area contributed by atoms with E-state index >= 15 is 0 Å². The third-order valence-electron chi connectivity index (χ3n) is 2.93. The molecule has 4 nitrogen and oxygen atoms in total. The molecule has 0 spiro atoms. The van der Waals surface area contributed by atoms with Gasteiger partial charge in [0, 0.05) is 24.9 Å². The van der Waals surface area contributed by atoms with Crippen LogP contribution in [0, 0.1) is 0 Å². The molecule has 20 heavy (non-hydrogen) atoms. The van der Waals surface area contributed by atoms with Crippen molar-refractivity contribution >= 4 is 5.82 Å². The molecule has 0 aliphatic rings. The molecule has 2 aromatic rings. The minimum Gasteiger partial charge on any atom is -0.489 e. The fraction of sp³-hybridized carbons (Fsp3) is 0.312. The van der Waals surface area contributed by atoms with Crippen LogP contribution in [-0.2, 0) is 13.0 Å². The van der Waals surface area contributed by atoms with E-state index in [1.54, 1.807) is 0 Å². The predicted octanol–water partition coefficient (Wildman–Crippen LogP) is 2.63. The van der Waals surface area contributed by atoms with Gasteiger partial charge in [-0.1, -0.05) is 24.3 Å². The number of aromatic nitrogens is 1. The molecule has 0 bridgehead atoms. The van der Waals surface area contributed by atoms with E-state index in [0.29, 0.717) is 13.0 Å².